The molecule has 1 aromatic carbocycles. The third-order valence-corrected chi connectivity index (χ3v) is 4.78. The number of anilines is 1. The van der Waals surface area contributed by atoms with E-state index in [-0.39, 0.29) is 21.3 Å². The molecular weight excluding hydrogens is 363 g/mol. The van der Waals surface area contributed by atoms with E-state index in [9.17, 15) is 26.5 Å². The molecule has 0 spiro atoms. The van der Waals surface area contributed by atoms with Gasteiger partial charge in [0, 0.05) is 14.1 Å². The predicted octanol–water partition coefficient (Wildman–Crippen LogP) is 3.28. The van der Waals surface area contributed by atoms with Crippen molar-refractivity contribution < 1.29 is 26.3 Å². The van der Waals surface area contributed by atoms with Gasteiger partial charge in [-0.25, -0.2) is 13.4 Å². The van der Waals surface area contributed by atoms with Crippen molar-refractivity contribution in [2.75, 3.05) is 19.0 Å². The molecule has 0 unspecified atom stereocenters. The summed E-state index contributed by atoms with van der Waals surface area (Å²) in [7, 11) is -1.05. The molecule has 2 rings (SSSR count). The Balaban J connectivity index is 2.50. The zero-order valence-electron chi connectivity index (χ0n) is 13.0. The summed E-state index contributed by atoms with van der Waals surface area (Å²) in [5.41, 5.74) is -0.193. The van der Waals surface area contributed by atoms with Gasteiger partial charge in [-0.2, -0.15) is 0 Å². The van der Waals surface area contributed by atoms with Crippen molar-refractivity contribution in [2.45, 2.75) is 16.2 Å². The first-order valence-corrected chi connectivity index (χ1v) is 8.14. The lowest BCUT2D eigenvalue weighted by molar-refractivity contribution is -0.274. The molecule has 0 amide bonds. The van der Waals surface area contributed by atoms with E-state index in [0.717, 1.165) is 36.5 Å². The van der Waals surface area contributed by atoms with Crippen LogP contribution in [0, 0.1) is 4.91 Å². The van der Waals surface area contributed by atoms with Gasteiger partial charge < -0.3 is 9.64 Å². The van der Waals surface area contributed by atoms with Crippen LogP contribution in [0.2, 0.25) is 0 Å². The topological polar surface area (TPSA) is 88.9 Å². The summed E-state index contributed by atoms with van der Waals surface area (Å²) in [6.07, 6.45) is -3.77. The average molecular weight is 375 g/mol. The second-order valence-corrected chi connectivity index (χ2v) is 6.94. The van der Waals surface area contributed by atoms with E-state index >= 15 is 0 Å². The first-order chi connectivity index (χ1) is 11.5. The van der Waals surface area contributed by atoms with Crippen LogP contribution in [0.4, 0.5) is 24.7 Å². The molecule has 1 aromatic heterocycles. The number of hydrogen-bond acceptors (Lipinski definition) is 7. The standard InChI is InChI=1S/C14H12F3N3O4S/c1-20(2)13-12(7-9(19-21)8-18-13)25(22,23)11-5-3-10(4-6-11)24-14(15,16)17/h3-8H,1-2H3. The third-order valence-electron chi connectivity index (χ3n) is 3.00. The molecule has 0 saturated heterocycles. The molecule has 0 aliphatic rings. The largest absolute Gasteiger partial charge is 0.573 e. The van der Waals surface area contributed by atoms with Crippen LogP contribution in [0.3, 0.4) is 0 Å². The van der Waals surface area contributed by atoms with Crippen LogP contribution in [0.25, 0.3) is 0 Å². The summed E-state index contributed by atoms with van der Waals surface area (Å²) in [5, 5.41) is 2.65. The van der Waals surface area contributed by atoms with Crippen LogP contribution < -0.4 is 9.64 Å². The maximum atomic E-state index is 12.8. The van der Waals surface area contributed by atoms with Gasteiger partial charge in [0.1, 0.15) is 22.2 Å². The minimum absolute atomic E-state index is 0.0584. The number of hydrogen-bond donors (Lipinski definition) is 0. The molecule has 0 saturated carbocycles. The van der Waals surface area contributed by atoms with Crippen LogP contribution in [-0.4, -0.2) is 33.9 Å². The zero-order valence-corrected chi connectivity index (χ0v) is 13.8. The fourth-order valence-electron chi connectivity index (χ4n) is 1.96. The molecule has 0 aliphatic carbocycles. The molecular formula is C14H12F3N3O4S. The lowest BCUT2D eigenvalue weighted by Crippen LogP contribution is -2.17. The van der Waals surface area contributed by atoms with E-state index in [1.165, 1.54) is 4.90 Å². The Kier molecular flexibility index (Phi) is 4.97. The Morgan fingerprint density at radius 3 is 2.24 bits per heavy atom. The normalized spacial score (nSPS) is 11.9. The van der Waals surface area contributed by atoms with Gasteiger partial charge in [0.25, 0.3) is 0 Å². The predicted molar refractivity (Wildman–Crippen MR) is 82.6 cm³/mol. The molecule has 1 heterocycles. The summed E-state index contributed by atoms with van der Waals surface area (Å²) in [4.78, 5) is 15.4. The van der Waals surface area contributed by atoms with Crippen molar-refractivity contribution in [3.8, 4) is 5.75 Å². The Labute approximate surface area is 140 Å². The van der Waals surface area contributed by atoms with Crippen molar-refractivity contribution in [1.82, 2.24) is 4.98 Å². The van der Waals surface area contributed by atoms with Crippen LogP contribution in [-0.2, 0) is 9.84 Å². The monoisotopic (exact) mass is 375 g/mol. The molecule has 11 heteroatoms. The maximum Gasteiger partial charge on any atom is 0.573 e. The maximum absolute atomic E-state index is 12.8. The highest BCUT2D eigenvalue weighted by atomic mass is 32.2. The number of alkyl halides is 3. The van der Waals surface area contributed by atoms with E-state index in [1.807, 2.05) is 0 Å². The average Bonchev–Trinajstić information content (AvgIpc) is 2.53. The summed E-state index contributed by atoms with van der Waals surface area (Å²) in [5.74, 6) is -0.497. The Morgan fingerprint density at radius 1 is 1.16 bits per heavy atom. The van der Waals surface area contributed by atoms with Crippen molar-refractivity contribution in [2.24, 2.45) is 5.18 Å². The summed E-state index contributed by atoms with van der Waals surface area (Å²) in [6, 6.07) is 4.74. The molecule has 0 radical (unpaired) electrons. The Hall–Kier alpha value is -2.69. The number of nitrogens with zero attached hydrogens (tertiary/aromatic N) is 3. The number of halogens is 3. The number of aromatic nitrogens is 1. The number of pyridine rings is 1. The van der Waals surface area contributed by atoms with Crippen LogP contribution in [0.5, 0.6) is 5.75 Å². The van der Waals surface area contributed by atoms with E-state index in [1.54, 1.807) is 14.1 Å². The zero-order chi connectivity index (χ0) is 18.8. The second kappa shape index (κ2) is 6.67. The molecule has 0 bridgehead atoms. The number of rotatable bonds is 5. The van der Waals surface area contributed by atoms with E-state index in [0.29, 0.717) is 0 Å². The van der Waals surface area contributed by atoms with Gasteiger partial charge in [-0.05, 0) is 35.5 Å². The van der Waals surface area contributed by atoms with Crippen molar-refractivity contribution in [3.05, 3.63) is 41.4 Å². The van der Waals surface area contributed by atoms with E-state index in [2.05, 4.69) is 14.9 Å². The van der Waals surface area contributed by atoms with Gasteiger partial charge in [0.2, 0.25) is 9.84 Å². The molecule has 134 valence electrons. The molecule has 25 heavy (non-hydrogen) atoms. The molecule has 0 aliphatic heterocycles. The fraction of sp³-hybridized carbons (Fsp3) is 0.214. The fourth-order valence-corrected chi connectivity index (χ4v) is 3.46. The molecule has 0 fully saturated rings. The molecule has 2 aromatic rings. The van der Waals surface area contributed by atoms with Gasteiger partial charge in [0.05, 0.1) is 11.1 Å². The van der Waals surface area contributed by atoms with Gasteiger partial charge in [0.15, 0.2) is 0 Å². The quantitative estimate of drug-likeness (QED) is 0.745. The second-order valence-electron chi connectivity index (χ2n) is 5.02. The van der Waals surface area contributed by atoms with Crippen LogP contribution in [0.15, 0.2) is 51.5 Å². The van der Waals surface area contributed by atoms with Gasteiger partial charge in [-0.3, -0.25) is 0 Å². The SMILES string of the molecule is CN(C)c1ncc(N=O)cc1S(=O)(=O)c1ccc(OC(F)(F)F)cc1. The van der Waals surface area contributed by atoms with E-state index in [4.69, 9.17) is 0 Å². The highest BCUT2D eigenvalue weighted by Crippen LogP contribution is 2.32. The summed E-state index contributed by atoms with van der Waals surface area (Å²) in [6.45, 7) is 0. The van der Waals surface area contributed by atoms with Crippen molar-refractivity contribution in [3.63, 3.8) is 0 Å². The first kappa shape index (κ1) is 18.6. The lowest BCUT2D eigenvalue weighted by atomic mass is 10.3. The highest BCUT2D eigenvalue weighted by molar-refractivity contribution is 7.91. The molecule has 0 N–H and O–H groups in total. The minimum Gasteiger partial charge on any atom is -0.406 e. The van der Waals surface area contributed by atoms with E-state index < -0.39 is 21.9 Å². The number of sulfone groups is 1. The van der Waals surface area contributed by atoms with Crippen LogP contribution in [0.1, 0.15) is 0 Å². The molecule has 7 nitrogen and oxygen atoms in total. The minimum atomic E-state index is -4.88. The van der Waals surface area contributed by atoms with Crippen molar-refractivity contribution >= 4 is 21.3 Å². The lowest BCUT2D eigenvalue weighted by Gasteiger charge is -2.16. The summed E-state index contributed by atoms with van der Waals surface area (Å²) >= 11 is 0. The first-order valence-electron chi connectivity index (χ1n) is 6.66. The smallest absolute Gasteiger partial charge is 0.406 e. The Bertz CT molecular complexity index is 881. The molecule has 0 atom stereocenters. The number of benzene rings is 1. The summed E-state index contributed by atoms with van der Waals surface area (Å²) < 4.78 is 65.7. The highest BCUT2D eigenvalue weighted by Gasteiger charge is 2.31. The number of nitroso groups, excluding NO2 is 1. The third kappa shape index (κ3) is 4.24. The van der Waals surface area contributed by atoms with Crippen molar-refractivity contribution in [1.29, 1.82) is 0 Å². The van der Waals surface area contributed by atoms with Gasteiger partial charge in [-0.15, -0.1) is 18.1 Å². The number of ether oxygens (including phenoxy) is 1. The Morgan fingerprint density at radius 2 is 1.76 bits per heavy atom. The van der Waals surface area contributed by atoms with Gasteiger partial charge >= 0.3 is 6.36 Å². The van der Waals surface area contributed by atoms with Gasteiger partial charge in [-0.1, -0.05) is 0 Å². The van der Waals surface area contributed by atoms with Crippen LogP contribution >= 0.6 is 0 Å².